The third-order valence-electron chi connectivity index (χ3n) is 2.69. The number of hydrogen-bond acceptors (Lipinski definition) is 4. The lowest BCUT2D eigenvalue weighted by atomic mass is 10.2. The molecule has 0 unspecified atom stereocenters. The van der Waals surface area contributed by atoms with E-state index in [4.69, 9.17) is 0 Å². The van der Waals surface area contributed by atoms with Gasteiger partial charge in [0.1, 0.15) is 0 Å². The molecule has 1 aliphatic rings. The summed E-state index contributed by atoms with van der Waals surface area (Å²) in [5, 5.41) is -0.586. The van der Waals surface area contributed by atoms with Gasteiger partial charge in [-0.2, -0.15) is 0 Å². The van der Waals surface area contributed by atoms with Crippen molar-refractivity contribution < 1.29 is 17.0 Å². The Hall–Kier alpha value is -0.860. The van der Waals surface area contributed by atoms with Crippen molar-refractivity contribution in [2.45, 2.75) is 23.9 Å². The molecule has 0 spiro atoms. The van der Waals surface area contributed by atoms with Crippen LogP contribution in [0.3, 0.4) is 0 Å². The molecule has 18 heavy (non-hydrogen) atoms. The molecule has 5 nitrogen and oxygen atoms in total. The zero-order valence-electron chi connectivity index (χ0n) is 9.50. The molecule has 2 heterocycles. The van der Waals surface area contributed by atoms with E-state index in [1.807, 2.05) is 0 Å². The van der Waals surface area contributed by atoms with Crippen LogP contribution in [0.1, 0.15) is 12.8 Å². The lowest BCUT2D eigenvalue weighted by Crippen LogP contribution is -2.40. The molecule has 0 aliphatic carbocycles. The van der Waals surface area contributed by atoms with E-state index < -0.39 is 31.7 Å². The molecule has 1 N–H and O–H groups in total. The highest BCUT2D eigenvalue weighted by atomic mass is 32.2. The van der Waals surface area contributed by atoms with Crippen molar-refractivity contribution in [3.63, 3.8) is 0 Å². The maximum atomic E-state index is 13.4. The quantitative estimate of drug-likeness (QED) is 0.875. The van der Waals surface area contributed by atoms with Gasteiger partial charge >= 0.3 is 0 Å². The minimum Gasteiger partial charge on any atom is -0.260 e. The van der Waals surface area contributed by atoms with Crippen LogP contribution in [0.4, 0.5) is 4.39 Å². The summed E-state index contributed by atoms with van der Waals surface area (Å²) >= 11 is 0. The SMILES string of the molecule is O=S1CCC(NS(=O)(=O)c2ncccc2F)CC1. The summed E-state index contributed by atoms with van der Waals surface area (Å²) in [5.74, 6) is 0.0693. The van der Waals surface area contributed by atoms with Crippen LogP contribution in [-0.4, -0.2) is 35.2 Å². The summed E-state index contributed by atoms with van der Waals surface area (Å²) < 4.78 is 50.8. The highest BCUT2D eigenvalue weighted by molar-refractivity contribution is 7.89. The summed E-state index contributed by atoms with van der Waals surface area (Å²) in [6.07, 6.45) is 2.23. The highest BCUT2D eigenvalue weighted by Gasteiger charge is 2.26. The van der Waals surface area contributed by atoms with Crippen LogP contribution in [0, 0.1) is 5.82 Å². The largest absolute Gasteiger partial charge is 0.261 e. The van der Waals surface area contributed by atoms with Crippen molar-refractivity contribution in [3.05, 3.63) is 24.1 Å². The number of pyridine rings is 1. The number of halogens is 1. The van der Waals surface area contributed by atoms with Crippen molar-refractivity contribution in [1.29, 1.82) is 0 Å². The topological polar surface area (TPSA) is 76.1 Å². The van der Waals surface area contributed by atoms with Gasteiger partial charge in [-0.25, -0.2) is 22.5 Å². The zero-order chi connectivity index (χ0) is 13.2. The van der Waals surface area contributed by atoms with Gasteiger partial charge in [0.2, 0.25) is 5.03 Å². The van der Waals surface area contributed by atoms with E-state index in [1.54, 1.807) is 0 Å². The van der Waals surface area contributed by atoms with Crippen molar-refractivity contribution in [2.75, 3.05) is 11.5 Å². The van der Waals surface area contributed by atoms with E-state index in [0.29, 0.717) is 24.3 Å². The molecule has 2 rings (SSSR count). The summed E-state index contributed by atoms with van der Waals surface area (Å²) in [4.78, 5) is 3.54. The van der Waals surface area contributed by atoms with E-state index >= 15 is 0 Å². The fraction of sp³-hybridized carbons (Fsp3) is 0.500. The molecule has 100 valence electrons. The predicted molar refractivity (Wildman–Crippen MR) is 65.4 cm³/mol. The van der Waals surface area contributed by atoms with Gasteiger partial charge in [0.05, 0.1) is 0 Å². The molecular weight excluding hydrogens is 279 g/mol. The number of rotatable bonds is 3. The first kappa shape index (κ1) is 13.6. The van der Waals surface area contributed by atoms with Gasteiger partial charge < -0.3 is 0 Å². The van der Waals surface area contributed by atoms with Crippen molar-refractivity contribution >= 4 is 20.8 Å². The fourth-order valence-corrected chi connectivity index (χ4v) is 4.37. The monoisotopic (exact) mass is 292 g/mol. The van der Waals surface area contributed by atoms with Crippen LogP contribution in [0.25, 0.3) is 0 Å². The van der Waals surface area contributed by atoms with E-state index in [9.17, 15) is 17.0 Å². The summed E-state index contributed by atoms with van der Waals surface area (Å²) in [6, 6.07) is 2.09. The van der Waals surface area contributed by atoms with E-state index in [2.05, 4.69) is 9.71 Å². The number of sulfonamides is 1. The molecule has 1 aromatic heterocycles. The second kappa shape index (κ2) is 5.41. The summed E-state index contributed by atoms with van der Waals surface area (Å²) in [5.41, 5.74) is 0. The standard InChI is InChI=1S/C10H13FN2O3S2/c11-9-2-1-5-12-10(9)18(15,16)13-8-3-6-17(14)7-4-8/h1-2,5,8,13H,3-4,6-7H2. The molecule has 1 saturated heterocycles. The Balaban J connectivity index is 2.13. The average molecular weight is 292 g/mol. The van der Waals surface area contributed by atoms with E-state index in [-0.39, 0.29) is 6.04 Å². The molecular formula is C10H13FN2O3S2. The third-order valence-corrected chi connectivity index (χ3v) is 5.52. The maximum absolute atomic E-state index is 13.4. The Morgan fingerprint density at radius 2 is 2.06 bits per heavy atom. The fourth-order valence-electron chi connectivity index (χ4n) is 1.76. The van der Waals surface area contributed by atoms with E-state index in [0.717, 1.165) is 6.07 Å². The average Bonchev–Trinajstić information content (AvgIpc) is 2.32. The van der Waals surface area contributed by atoms with Crippen molar-refractivity contribution in [3.8, 4) is 0 Å². The Labute approximate surface area is 107 Å². The third kappa shape index (κ3) is 3.12. The van der Waals surface area contributed by atoms with Gasteiger partial charge in [-0.1, -0.05) is 0 Å². The van der Waals surface area contributed by atoms with Crippen LogP contribution >= 0.6 is 0 Å². The summed E-state index contributed by atoms with van der Waals surface area (Å²) in [7, 11) is -4.81. The van der Waals surface area contributed by atoms with Gasteiger partial charge in [-0.3, -0.25) is 4.21 Å². The number of nitrogens with one attached hydrogen (secondary N) is 1. The molecule has 0 aromatic carbocycles. The Morgan fingerprint density at radius 3 is 2.67 bits per heavy atom. The highest BCUT2D eigenvalue weighted by Crippen LogP contribution is 2.15. The smallest absolute Gasteiger partial charge is 0.260 e. The molecule has 0 saturated carbocycles. The lowest BCUT2D eigenvalue weighted by molar-refractivity contribution is 0.508. The van der Waals surface area contributed by atoms with Crippen LogP contribution < -0.4 is 4.72 Å². The van der Waals surface area contributed by atoms with Crippen LogP contribution in [0.5, 0.6) is 0 Å². The first-order chi connectivity index (χ1) is 8.49. The normalized spacial score (nSPS) is 24.9. The Bertz CT molecular complexity index is 552. The molecule has 0 atom stereocenters. The van der Waals surface area contributed by atoms with Gasteiger partial charge in [0.25, 0.3) is 10.0 Å². The lowest BCUT2D eigenvalue weighted by Gasteiger charge is -2.22. The molecule has 1 aromatic rings. The first-order valence-corrected chi connectivity index (χ1v) is 8.44. The number of nitrogens with zero attached hydrogens (tertiary/aromatic N) is 1. The molecule has 8 heteroatoms. The molecule has 0 bridgehead atoms. The predicted octanol–water partition coefficient (Wildman–Crippen LogP) is 0.410. The minimum absolute atomic E-state index is 0.297. The molecule has 1 aliphatic heterocycles. The molecule has 1 fully saturated rings. The van der Waals surface area contributed by atoms with Crippen molar-refractivity contribution in [2.24, 2.45) is 0 Å². The first-order valence-electron chi connectivity index (χ1n) is 5.47. The van der Waals surface area contributed by atoms with Gasteiger partial charge in [0.15, 0.2) is 5.82 Å². The zero-order valence-corrected chi connectivity index (χ0v) is 11.1. The van der Waals surface area contributed by atoms with Gasteiger partial charge in [-0.05, 0) is 25.0 Å². The minimum atomic E-state index is -3.94. The Kier molecular flexibility index (Phi) is 4.08. The van der Waals surface area contributed by atoms with Crippen molar-refractivity contribution in [1.82, 2.24) is 9.71 Å². The maximum Gasteiger partial charge on any atom is 0.261 e. The van der Waals surface area contributed by atoms with Crippen LogP contribution in [-0.2, 0) is 20.8 Å². The van der Waals surface area contributed by atoms with Gasteiger partial charge in [-0.15, -0.1) is 0 Å². The number of aromatic nitrogens is 1. The molecule has 0 radical (unpaired) electrons. The van der Waals surface area contributed by atoms with Crippen LogP contribution in [0.2, 0.25) is 0 Å². The second-order valence-electron chi connectivity index (χ2n) is 4.03. The van der Waals surface area contributed by atoms with Gasteiger partial charge in [0, 0.05) is 34.5 Å². The number of hydrogen-bond donors (Lipinski definition) is 1. The Morgan fingerprint density at radius 1 is 1.39 bits per heavy atom. The van der Waals surface area contributed by atoms with E-state index in [1.165, 1.54) is 12.3 Å². The second-order valence-corrected chi connectivity index (χ2v) is 7.36. The summed E-state index contributed by atoms with van der Waals surface area (Å²) in [6.45, 7) is 0. The molecule has 0 amide bonds. The van der Waals surface area contributed by atoms with Crippen LogP contribution in [0.15, 0.2) is 23.4 Å².